The van der Waals surface area contributed by atoms with Crippen LogP contribution >= 0.6 is 11.6 Å². The van der Waals surface area contributed by atoms with Crippen LogP contribution in [0.1, 0.15) is 24.9 Å². The van der Waals surface area contributed by atoms with Gasteiger partial charge < -0.3 is 15.6 Å². The van der Waals surface area contributed by atoms with Crippen LogP contribution in [0.15, 0.2) is 47.5 Å². The molecule has 1 aromatic heterocycles. The van der Waals surface area contributed by atoms with E-state index in [0.717, 1.165) is 5.56 Å². The second-order valence-electron chi connectivity index (χ2n) is 4.98. The number of carbonyl (C=O) groups is 2. The normalized spacial score (nSPS) is 11.6. The average Bonchev–Trinajstić information content (AvgIpc) is 2.49. The van der Waals surface area contributed by atoms with E-state index in [2.05, 4.69) is 15.6 Å². The summed E-state index contributed by atoms with van der Waals surface area (Å²) in [6.07, 6.45) is 2.89. The molecule has 2 rings (SSSR count). The summed E-state index contributed by atoms with van der Waals surface area (Å²) < 4.78 is 0. The van der Waals surface area contributed by atoms with Crippen molar-refractivity contribution in [2.45, 2.75) is 19.4 Å². The van der Waals surface area contributed by atoms with Crippen molar-refractivity contribution in [2.24, 2.45) is 0 Å². The average molecular weight is 334 g/mol. The number of carbonyl (C=O) groups excluding carboxylic acids is 2. The Labute approximate surface area is 137 Å². The highest BCUT2D eigenvalue weighted by Gasteiger charge is 2.17. The van der Waals surface area contributed by atoms with Gasteiger partial charge >= 0.3 is 0 Å². The Kier molecular flexibility index (Phi) is 5.54. The maximum Gasteiger partial charge on any atom is 0.226 e. The minimum Gasteiger partial charge on any atom is -0.366 e. The monoisotopic (exact) mass is 333 g/mol. The Morgan fingerprint density at radius 1 is 1.22 bits per heavy atom. The molecular formula is C16H16ClN3O3. The molecule has 1 heterocycles. The maximum atomic E-state index is 12.2. The first-order valence-corrected chi connectivity index (χ1v) is 7.33. The fraction of sp³-hybridized carbons (Fsp3) is 0.188. The summed E-state index contributed by atoms with van der Waals surface area (Å²) in [5.41, 5.74) is 0.622. The van der Waals surface area contributed by atoms with Gasteiger partial charge in [0.05, 0.1) is 12.5 Å². The minimum absolute atomic E-state index is 0.00442. The van der Waals surface area contributed by atoms with Crippen molar-refractivity contribution in [1.29, 1.82) is 0 Å². The molecule has 120 valence electrons. The fourth-order valence-corrected chi connectivity index (χ4v) is 2.22. The molecule has 0 aliphatic rings. The van der Waals surface area contributed by atoms with Crippen molar-refractivity contribution in [2.75, 3.05) is 5.32 Å². The number of H-pyrrole nitrogens is 1. The van der Waals surface area contributed by atoms with Gasteiger partial charge in [-0.2, -0.15) is 0 Å². The van der Waals surface area contributed by atoms with E-state index in [4.69, 9.17) is 11.6 Å². The molecule has 7 heteroatoms. The third-order valence-corrected chi connectivity index (χ3v) is 3.39. The standard InChI is InChI=1S/C16H16ClN3O3/c1-10(21)19-13(11-2-4-12(17)5-3-11)8-16(23)20-14-9-18-7-6-15(14)22/h2-7,9,13H,8H2,1H3,(H,18,22)(H,19,21)(H,20,23)/t13-/m1/s1. The van der Waals surface area contributed by atoms with Crippen LogP contribution in [-0.4, -0.2) is 16.8 Å². The van der Waals surface area contributed by atoms with Crippen LogP contribution in [0.5, 0.6) is 0 Å². The predicted molar refractivity (Wildman–Crippen MR) is 88.3 cm³/mol. The zero-order valence-electron chi connectivity index (χ0n) is 12.4. The van der Waals surface area contributed by atoms with E-state index in [1.807, 2.05) is 0 Å². The molecule has 0 aliphatic carbocycles. The first-order chi connectivity index (χ1) is 11.0. The molecule has 6 nitrogen and oxygen atoms in total. The van der Waals surface area contributed by atoms with Crippen molar-refractivity contribution >= 4 is 29.1 Å². The van der Waals surface area contributed by atoms with E-state index in [0.29, 0.717) is 5.02 Å². The molecule has 0 bridgehead atoms. The molecule has 2 aromatic rings. The van der Waals surface area contributed by atoms with Crippen LogP contribution in [0.4, 0.5) is 5.69 Å². The van der Waals surface area contributed by atoms with E-state index in [1.165, 1.54) is 25.4 Å². The summed E-state index contributed by atoms with van der Waals surface area (Å²) in [5, 5.41) is 5.82. The molecule has 0 spiro atoms. The number of pyridine rings is 1. The van der Waals surface area contributed by atoms with Gasteiger partial charge in [-0.05, 0) is 17.7 Å². The number of anilines is 1. The van der Waals surface area contributed by atoms with Gasteiger partial charge in [-0.1, -0.05) is 23.7 Å². The Morgan fingerprint density at radius 3 is 2.52 bits per heavy atom. The van der Waals surface area contributed by atoms with Crippen LogP contribution in [0, 0.1) is 0 Å². The third-order valence-electron chi connectivity index (χ3n) is 3.14. The molecule has 3 N–H and O–H groups in total. The molecule has 2 amide bonds. The van der Waals surface area contributed by atoms with Gasteiger partial charge in [0, 0.05) is 30.4 Å². The highest BCUT2D eigenvalue weighted by Crippen LogP contribution is 2.20. The first-order valence-electron chi connectivity index (χ1n) is 6.95. The Hall–Kier alpha value is -2.60. The number of hydrogen-bond donors (Lipinski definition) is 3. The zero-order valence-corrected chi connectivity index (χ0v) is 13.2. The molecule has 0 radical (unpaired) electrons. The lowest BCUT2D eigenvalue weighted by Crippen LogP contribution is -2.30. The molecule has 1 aromatic carbocycles. The van der Waals surface area contributed by atoms with Gasteiger partial charge in [-0.25, -0.2) is 0 Å². The van der Waals surface area contributed by atoms with Crippen LogP contribution < -0.4 is 16.1 Å². The van der Waals surface area contributed by atoms with Gasteiger partial charge in [0.25, 0.3) is 0 Å². The lowest BCUT2D eigenvalue weighted by Gasteiger charge is -2.18. The summed E-state index contributed by atoms with van der Waals surface area (Å²) in [6, 6.07) is 7.67. The van der Waals surface area contributed by atoms with Gasteiger partial charge in [-0.3, -0.25) is 14.4 Å². The lowest BCUT2D eigenvalue weighted by molar-refractivity contribution is -0.120. The molecule has 23 heavy (non-hydrogen) atoms. The second-order valence-corrected chi connectivity index (χ2v) is 5.42. The van der Waals surface area contributed by atoms with Crippen molar-refractivity contribution in [3.05, 3.63) is 63.5 Å². The Bertz CT molecular complexity index is 756. The van der Waals surface area contributed by atoms with Crippen LogP contribution in [0.25, 0.3) is 0 Å². The summed E-state index contributed by atoms with van der Waals surface area (Å²) in [7, 11) is 0. The zero-order chi connectivity index (χ0) is 16.8. The number of amides is 2. The van der Waals surface area contributed by atoms with Gasteiger partial charge in [0.1, 0.15) is 5.69 Å². The second kappa shape index (κ2) is 7.60. The van der Waals surface area contributed by atoms with E-state index in [-0.39, 0.29) is 29.4 Å². The predicted octanol–water partition coefficient (Wildman–Crippen LogP) is 2.23. The topological polar surface area (TPSA) is 91.1 Å². The number of hydrogen-bond acceptors (Lipinski definition) is 3. The Balaban J connectivity index is 2.12. The Morgan fingerprint density at radius 2 is 1.91 bits per heavy atom. The van der Waals surface area contributed by atoms with Gasteiger partial charge in [-0.15, -0.1) is 0 Å². The van der Waals surface area contributed by atoms with Crippen molar-refractivity contribution in [1.82, 2.24) is 10.3 Å². The number of aromatic amines is 1. The van der Waals surface area contributed by atoms with Gasteiger partial charge in [0.2, 0.25) is 17.2 Å². The summed E-state index contributed by atoms with van der Waals surface area (Å²) in [6.45, 7) is 1.38. The molecular weight excluding hydrogens is 318 g/mol. The van der Waals surface area contributed by atoms with E-state index < -0.39 is 6.04 Å². The van der Waals surface area contributed by atoms with Crippen molar-refractivity contribution < 1.29 is 9.59 Å². The molecule has 0 aliphatic heterocycles. The summed E-state index contributed by atoms with van der Waals surface area (Å²) in [5.74, 6) is -0.634. The molecule has 0 saturated heterocycles. The number of benzene rings is 1. The molecule has 0 saturated carbocycles. The smallest absolute Gasteiger partial charge is 0.226 e. The lowest BCUT2D eigenvalue weighted by atomic mass is 10.0. The highest BCUT2D eigenvalue weighted by molar-refractivity contribution is 6.30. The SMILES string of the molecule is CC(=O)N[C@H](CC(=O)Nc1c[nH]ccc1=O)c1ccc(Cl)cc1. The number of rotatable bonds is 5. The number of aromatic nitrogens is 1. The number of nitrogens with one attached hydrogen (secondary N) is 3. The summed E-state index contributed by atoms with van der Waals surface area (Å²) >= 11 is 5.85. The van der Waals surface area contributed by atoms with Crippen LogP contribution in [0.2, 0.25) is 5.02 Å². The van der Waals surface area contributed by atoms with Crippen molar-refractivity contribution in [3.8, 4) is 0 Å². The summed E-state index contributed by atoms with van der Waals surface area (Å²) in [4.78, 5) is 37.9. The van der Waals surface area contributed by atoms with Crippen LogP contribution in [-0.2, 0) is 9.59 Å². The highest BCUT2D eigenvalue weighted by atomic mass is 35.5. The van der Waals surface area contributed by atoms with Crippen molar-refractivity contribution in [3.63, 3.8) is 0 Å². The number of halogens is 1. The molecule has 0 unspecified atom stereocenters. The van der Waals surface area contributed by atoms with E-state index >= 15 is 0 Å². The minimum atomic E-state index is -0.507. The quantitative estimate of drug-likeness (QED) is 0.783. The van der Waals surface area contributed by atoms with E-state index in [9.17, 15) is 14.4 Å². The molecule has 1 atom stereocenters. The maximum absolute atomic E-state index is 12.2. The molecule has 0 fully saturated rings. The fourth-order valence-electron chi connectivity index (χ4n) is 2.09. The third kappa shape index (κ3) is 4.96. The van der Waals surface area contributed by atoms with Gasteiger partial charge in [0.15, 0.2) is 0 Å². The largest absolute Gasteiger partial charge is 0.366 e. The first kappa shape index (κ1) is 16.8. The van der Waals surface area contributed by atoms with E-state index in [1.54, 1.807) is 24.3 Å². The van der Waals surface area contributed by atoms with Crippen LogP contribution in [0.3, 0.4) is 0 Å².